The van der Waals surface area contributed by atoms with Gasteiger partial charge in [-0.05, 0) is 62.9 Å². The van der Waals surface area contributed by atoms with Crippen LogP contribution >= 0.6 is 0 Å². The summed E-state index contributed by atoms with van der Waals surface area (Å²) in [6, 6.07) is 0. The predicted octanol–water partition coefficient (Wildman–Crippen LogP) is 1.48. The Labute approximate surface area is 126 Å². The number of amides is 1. The summed E-state index contributed by atoms with van der Waals surface area (Å²) in [5.41, 5.74) is 0.302. The Kier molecular flexibility index (Phi) is 4.20. The van der Waals surface area contributed by atoms with Crippen LogP contribution in [0, 0.1) is 17.3 Å². The van der Waals surface area contributed by atoms with Crippen molar-refractivity contribution >= 4 is 11.9 Å². The van der Waals surface area contributed by atoms with Gasteiger partial charge in [0.1, 0.15) is 0 Å². The van der Waals surface area contributed by atoms with Crippen molar-refractivity contribution in [1.29, 1.82) is 0 Å². The van der Waals surface area contributed by atoms with Gasteiger partial charge in [0.15, 0.2) is 0 Å². The number of carboxylic acids is 1. The lowest BCUT2D eigenvalue weighted by atomic mass is 9.90. The zero-order valence-electron chi connectivity index (χ0n) is 12.6. The second-order valence-corrected chi connectivity index (χ2v) is 7.09. The minimum atomic E-state index is -0.727. The van der Waals surface area contributed by atoms with Gasteiger partial charge in [0.05, 0.1) is 0 Å². The van der Waals surface area contributed by atoms with Gasteiger partial charge in [-0.25, -0.2) is 0 Å². The molecular weight excluding hydrogens is 268 g/mol. The SMILES string of the molecule is O=C(O)CCC1CCCN(C(=O)C2CC23CCNCC3)C1. The molecule has 3 fully saturated rings. The van der Waals surface area contributed by atoms with Gasteiger partial charge in [-0.15, -0.1) is 0 Å². The summed E-state index contributed by atoms with van der Waals surface area (Å²) in [6.07, 6.45) is 6.38. The molecule has 0 radical (unpaired) electrons. The summed E-state index contributed by atoms with van der Waals surface area (Å²) < 4.78 is 0. The molecule has 1 amide bonds. The van der Waals surface area contributed by atoms with E-state index in [0.717, 1.165) is 58.3 Å². The third-order valence-corrected chi connectivity index (χ3v) is 5.68. The van der Waals surface area contributed by atoms with Crippen LogP contribution < -0.4 is 5.32 Å². The molecule has 0 aromatic rings. The fraction of sp³-hybridized carbons (Fsp3) is 0.875. The van der Waals surface area contributed by atoms with Crippen molar-refractivity contribution in [3.05, 3.63) is 0 Å². The molecule has 1 aliphatic carbocycles. The third kappa shape index (κ3) is 3.23. The number of nitrogens with one attached hydrogen (secondary N) is 1. The second-order valence-electron chi connectivity index (χ2n) is 7.09. The number of aliphatic carboxylic acids is 1. The number of rotatable bonds is 4. The lowest BCUT2D eigenvalue weighted by molar-refractivity contribution is -0.137. The molecule has 1 saturated carbocycles. The Balaban J connectivity index is 1.52. The van der Waals surface area contributed by atoms with Gasteiger partial charge >= 0.3 is 5.97 Å². The van der Waals surface area contributed by atoms with Crippen molar-refractivity contribution < 1.29 is 14.7 Å². The zero-order valence-corrected chi connectivity index (χ0v) is 12.6. The van der Waals surface area contributed by atoms with Gasteiger partial charge in [-0.1, -0.05) is 0 Å². The van der Waals surface area contributed by atoms with Gasteiger partial charge in [0.2, 0.25) is 5.91 Å². The molecule has 2 unspecified atom stereocenters. The minimum absolute atomic E-state index is 0.228. The number of hydrogen-bond donors (Lipinski definition) is 2. The highest BCUT2D eigenvalue weighted by Crippen LogP contribution is 2.59. The molecule has 0 aromatic carbocycles. The summed E-state index contributed by atoms with van der Waals surface area (Å²) in [6.45, 7) is 3.74. The number of carboxylic acid groups (broad SMARTS) is 1. The van der Waals surface area contributed by atoms with E-state index in [1.807, 2.05) is 4.90 Å². The van der Waals surface area contributed by atoms with Gasteiger partial charge in [-0.3, -0.25) is 9.59 Å². The van der Waals surface area contributed by atoms with Gasteiger partial charge in [0, 0.05) is 25.4 Å². The molecule has 3 rings (SSSR count). The number of hydrogen-bond acceptors (Lipinski definition) is 3. The third-order valence-electron chi connectivity index (χ3n) is 5.68. The first kappa shape index (κ1) is 14.8. The molecule has 2 heterocycles. The molecule has 2 aliphatic heterocycles. The monoisotopic (exact) mass is 294 g/mol. The lowest BCUT2D eigenvalue weighted by Crippen LogP contribution is -2.42. The molecule has 0 bridgehead atoms. The van der Waals surface area contributed by atoms with Crippen LogP contribution in [0.15, 0.2) is 0 Å². The lowest BCUT2D eigenvalue weighted by Gasteiger charge is -2.34. The van der Waals surface area contributed by atoms with Gasteiger partial charge < -0.3 is 15.3 Å². The van der Waals surface area contributed by atoms with Crippen molar-refractivity contribution in [3.63, 3.8) is 0 Å². The van der Waals surface area contributed by atoms with E-state index in [9.17, 15) is 9.59 Å². The summed E-state index contributed by atoms with van der Waals surface area (Å²) in [4.78, 5) is 25.4. The van der Waals surface area contributed by atoms with E-state index in [1.165, 1.54) is 0 Å². The number of piperidine rings is 2. The van der Waals surface area contributed by atoms with Crippen LogP contribution in [0.3, 0.4) is 0 Å². The maximum Gasteiger partial charge on any atom is 0.303 e. The maximum atomic E-state index is 12.7. The Morgan fingerprint density at radius 2 is 2.05 bits per heavy atom. The fourth-order valence-electron chi connectivity index (χ4n) is 4.22. The van der Waals surface area contributed by atoms with E-state index >= 15 is 0 Å². The molecule has 1 spiro atoms. The summed E-state index contributed by atoms with van der Waals surface area (Å²) in [7, 11) is 0. The molecule has 2 saturated heterocycles. The van der Waals surface area contributed by atoms with Crippen LogP contribution in [0.25, 0.3) is 0 Å². The van der Waals surface area contributed by atoms with Crippen LogP contribution in [0.2, 0.25) is 0 Å². The molecule has 2 atom stereocenters. The van der Waals surface area contributed by atoms with Crippen LogP contribution in [0.1, 0.15) is 44.9 Å². The molecule has 5 nitrogen and oxygen atoms in total. The first-order chi connectivity index (χ1) is 10.1. The van der Waals surface area contributed by atoms with Crippen molar-refractivity contribution in [1.82, 2.24) is 10.2 Å². The first-order valence-corrected chi connectivity index (χ1v) is 8.32. The Morgan fingerprint density at radius 1 is 1.29 bits per heavy atom. The fourth-order valence-corrected chi connectivity index (χ4v) is 4.22. The standard InChI is InChI=1S/C16H26N2O3/c19-14(20)4-3-12-2-1-9-18(11-12)15(21)13-10-16(13)5-7-17-8-6-16/h12-13,17H,1-11H2,(H,19,20). The van der Waals surface area contributed by atoms with E-state index in [2.05, 4.69) is 5.32 Å². The Hall–Kier alpha value is -1.10. The molecular formula is C16H26N2O3. The molecule has 2 N–H and O–H groups in total. The number of nitrogens with zero attached hydrogens (tertiary/aromatic N) is 1. The van der Waals surface area contributed by atoms with Crippen LogP contribution in [0.5, 0.6) is 0 Å². The van der Waals surface area contributed by atoms with Crippen molar-refractivity contribution in [2.75, 3.05) is 26.2 Å². The van der Waals surface area contributed by atoms with E-state index in [4.69, 9.17) is 5.11 Å². The van der Waals surface area contributed by atoms with Crippen molar-refractivity contribution in [2.45, 2.75) is 44.9 Å². The average Bonchev–Trinajstić information content (AvgIpc) is 3.18. The Morgan fingerprint density at radius 3 is 2.76 bits per heavy atom. The highest BCUT2D eigenvalue weighted by atomic mass is 16.4. The van der Waals surface area contributed by atoms with Crippen LogP contribution in [-0.2, 0) is 9.59 Å². The van der Waals surface area contributed by atoms with Crippen molar-refractivity contribution in [2.24, 2.45) is 17.3 Å². The molecule has 21 heavy (non-hydrogen) atoms. The normalized spacial score (nSPS) is 31.1. The minimum Gasteiger partial charge on any atom is -0.481 e. The largest absolute Gasteiger partial charge is 0.481 e. The van der Waals surface area contributed by atoms with Gasteiger partial charge in [0.25, 0.3) is 0 Å². The van der Waals surface area contributed by atoms with Crippen molar-refractivity contribution in [3.8, 4) is 0 Å². The summed E-state index contributed by atoms with van der Waals surface area (Å²) in [5, 5.41) is 12.2. The summed E-state index contributed by atoms with van der Waals surface area (Å²) >= 11 is 0. The summed E-state index contributed by atoms with van der Waals surface area (Å²) in [5.74, 6) is 0.241. The number of carbonyl (C=O) groups is 2. The average molecular weight is 294 g/mol. The van der Waals surface area contributed by atoms with E-state index < -0.39 is 5.97 Å². The topological polar surface area (TPSA) is 69.6 Å². The quantitative estimate of drug-likeness (QED) is 0.824. The smallest absolute Gasteiger partial charge is 0.303 e. The van der Waals surface area contributed by atoms with E-state index in [0.29, 0.717) is 23.7 Å². The predicted molar refractivity (Wildman–Crippen MR) is 78.8 cm³/mol. The zero-order chi connectivity index (χ0) is 14.9. The highest BCUT2D eigenvalue weighted by molar-refractivity contribution is 5.83. The van der Waals surface area contributed by atoms with Gasteiger partial charge in [-0.2, -0.15) is 0 Å². The first-order valence-electron chi connectivity index (χ1n) is 8.32. The molecule has 3 aliphatic rings. The number of carbonyl (C=O) groups excluding carboxylic acids is 1. The maximum absolute atomic E-state index is 12.7. The van der Waals surface area contributed by atoms with E-state index in [1.54, 1.807) is 0 Å². The molecule has 118 valence electrons. The second kappa shape index (κ2) is 5.95. The van der Waals surface area contributed by atoms with Crippen LogP contribution in [-0.4, -0.2) is 48.1 Å². The number of likely N-dealkylation sites (tertiary alicyclic amines) is 1. The Bertz CT molecular complexity index is 418. The molecule has 5 heteroatoms. The highest BCUT2D eigenvalue weighted by Gasteiger charge is 2.58. The van der Waals surface area contributed by atoms with Crippen LogP contribution in [0.4, 0.5) is 0 Å². The molecule has 0 aromatic heterocycles. The van der Waals surface area contributed by atoms with E-state index in [-0.39, 0.29) is 12.3 Å².